The Hall–Kier alpha value is -1.63. The van der Waals surface area contributed by atoms with Crippen LogP contribution in [0, 0.1) is 5.92 Å². The Morgan fingerprint density at radius 3 is 2.52 bits per heavy atom. The van der Waals surface area contributed by atoms with Gasteiger partial charge in [-0.1, -0.05) is 13.8 Å². The van der Waals surface area contributed by atoms with Gasteiger partial charge in [-0.3, -0.25) is 0 Å². The van der Waals surface area contributed by atoms with Crippen molar-refractivity contribution in [3.63, 3.8) is 0 Å². The average molecular weight is 363 g/mol. The maximum absolute atomic E-state index is 5.37. The van der Waals surface area contributed by atoms with Gasteiger partial charge in [-0.05, 0) is 50.2 Å². The van der Waals surface area contributed by atoms with Gasteiger partial charge in [0.05, 0.1) is 0 Å². The molecule has 2 aliphatic rings. The van der Waals surface area contributed by atoms with E-state index >= 15 is 0 Å². The van der Waals surface area contributed by atoms with Crippen molar-refractivity contribution >= 4 is 34.9 Å². The molecule has 1 atom stereocenters. The number of aromatic nitrogens is 2. The van der Waals surface area contributed by atoms with Crippen molar-refractivity contribution in [2.75, 3.05) is 47.8 Å². The van der Waals surface area contributed by atoms with Crippen molar-refractivity contribution in [2.45, 2.75) is 46.0 Å². The van der Waals surface area contributed by atoms with Gasteiger partial charge in [0.25, 0.3) is 0 Å². The molecular formula is C18H30N6S. The molecule has 0 unspecified atom stereocenters. The molecule has 0 aliphatic carbocycles. The van der Waals surface area contributed by atoms with E-state index in [2.05, 4.69) is 40.3 Å². The van der Waals surface area contributed by atoms with Crippen LogP contribution in [0.2, 0.25) is 0 Å². The first-order valence-corrected chi connectivity index (χ1v) is 10.0. The van der Waals surface area contributed by atoms with Gasteiger partial charge in [0.1, 0.15) is 11.6 Å². The number of hydrogen-bond donors (Lipinski definition) is 2. The summed E-state index contributed by atoms with van der Waals surface area (Å²) in [6.45, 7) is 9.57. The lowest BCUT2D eigenvalue weighted by Crippen LogP contribution is -2.36. The van der Waals surface area contributed by atoms with Gasteiger partial charge < -0.3 is 20.4 Å². The third-order valence-corrected chi connectivity index (χ3v) is 5.12. The summed E-state index contributed by atoms with van der Waals surface area (Å²) in [6.07, 6.45) is 6.03. The molecule has 0 bridgehead atoms. The lowest BCUT2D eigenvalue weighted by Gasteiger charge is -2.32. The largest absolute Gasteiger partial charge is 0.362 e. The molecule has 1 aromatic heterocycles. The highest BCUT2D eigenvalue weighted by molar-refractivity contribution is 7.80. The van der Waals surface area contributed by atoms with E-state index in [1.165, 1.54) is 25.7 Å². The highest BCUT2D eigenvalue weighted by atomic mass is 32.1. The summed E-state index contributed by atoms with van der Waals surface area (Å²) in [5.74, 6) is 3.35. The standard InChI is InChI=1S/C18H30N6S/c1-3-8-19-18(25)22-17-20-15(23-9-4-5-10-23)12-16(21-17)24-11-6-7-14(2)13-24/h12,14H,3-11,13H2,1-2H3,(H2,19,20,21,22,25)/t14-/m1/s1. The fourth-order valence-corrected chi connectivity index (χ4v) is 3.72. The number of hydrogen-bond acceptors (Lipinski definition) is 5. The number of nitrogens with one attached hydrogen (secondary N) is 2. The van der Waals surface area contributed by atoms with Gasteiger partial charge in [-0.25, -0.2) is 0 Å². The van der Waals surface area contributed by atoms with E-state index in [-0.39, 0.29) is 0 Å². The maximum Gasteiger partial charge on any atom is 0.232 e. The average Bonchev–Trinajstić information content (AvgIpc) is 3.14. The van der Waals surface area contributed by atoms with E-state index in [9.17, 15) is 0 Å². The molecule has 2 N–H and O–H groups in total. The summed E-state index contributed by atoms with van der Waals surface area (Å²) in [4.78, 5) is 14.2. The van der Waals surface area contributed by atoms with Crippen LogP contribution in [-0.4, -0.2) is 47.8 Å². The Kier molecular flexibility index (Phi) is 6.29. The minimum Gasteiger partial charge on any atom is -0.362 e. The normalized spacial score (nSPS) is 20.6. The summed E-state index contributed by atoms with van der Waals surface area (Å²) in [5, 5.41) is 6.96. The van der Waals surface area contributed by atoms with Gasteiger partial charge in [0, 0.05) is 38.8 Å². The summed E-state index contributed by atoms with van der Waals surface area (Å²) in [7, 11) is 0. The quantitative estimate of drug-likeness (QED) is 0.781. The van der Waals surface area contributed by atoms with E-state index in [0.29, 0.717) is 17.0 Å². The SMILES string of the molecule is CCCNC(=S)Nc1nc(N2CCCC2)cc(N2CCC[C@@H](C)C2)n1. The smallest absolute Gasteiger partial charge is 0.232 e. The van der Waals surface area contributed by atoms with Crippen LogP contribution in [-0.2, 0) is 0 Å². The van der Waals surface area contributed by atoms with Crippen LogP contribution in [0.1, 0.15) is 46.0 Å². The zero-order valence-corrected chi connectivity index (χ0v) is 16.2. The van der Waals surface area contributed by atoms with Crippen molar-refractivity contribution in [3.8, 4) is 0 Å². The molecule has 3 rings (SSSR count). The number of rotatable bonds is 5. The van der Waals surface area contributed by atoms with E-state index in [4.69, 9.17) is 22.2 Å². The summed E-state index contributed by atoms with van der Waals surface area (Å²) in [5.41, 5.74) is 0. The Balaban J connectivity index is 1.81. The molecule has 1 aromatic rings. The molecule has 138 valence electrons. The number of anilines is 3. The zero-order chi connectivity index (χ0) is 17.6. The predicted octanol–water partition coefficient (Wildman–Crippen LogP) is 3.01. The van der Waals surface area contributed by atoms with Gasteiger partial charge in [-0.2, -0.15) is 9.97 Å². The lowest BCUT2D eigenvalue weighted by atomic mass is 10.0. The van der Waals surface area contributed by atoms with Crippen molar-refractivity contribution in [2.24, 2.45) is 5.92 Å². The van der Waals surface area contributed by atoms with Crippen LogP contribution in [0.3, 0.4) is 0 Å². The molecule has 2 saturated heterocycles. The summed E-state index contributed by atoms with van der Waals surface area (Å²) >= 11 is 5.37. The second-order valence-electron chi connectivity index (χ2n) is 7.18. The van der Waals surface area contributed by atoms with Crippen molar-refractivity contribution in [3.05, 3.63) is 6.07 Å². The van der Waals surface area contributed by atoms with Gasteiger partial charge in [0.2, 0.25) is 5.95 Å². The minimum absolute atomic E-state index is 0.596. The molecule has 25 heavy (non-hydrogen) atoms. The van der Waals surface area contributed by atoms with E-state index in [0.717, 1.165) is 50.8 Å². The van der Waals surface area contributed by atoms with Crippen LogP contribution in [0.25, 0.3) is 0 Å². The van der Waals surface area contributed by atoms with E-state index in [1.807, 2.05) is 0 Å². The second kappa shape index (κ2) is 8.65. The van der Waals surface area contributed by atoms with Gasteiger partial charge in [0.15, 0.2) is 5.11 Å². The first-order chi connectivity index (χ1) is 12.2. The van der Waals surface area contributed by atoms with Crippen molar-refractivity contribution in [1.82, 2.24) is 15.3 Å². The van der Waals surface area contributed by atoms with Crippen molar-refractivity contribution < 1.29 is 0 Å². The molecule has 2 aliphatic heterocycles. The highest BCUT2D eigenvalue weighted by Crippen LogP contribution is 2.27. The molecule has 0 aromatic carbocycles. The first-order valence-electron chi connectivity index (χ1n) is 9.59. The fraction of sp³-hybridized carbons (Fsp3) is 0.722. The number of thiocarbonyl (C=S) groups is 1. The van der Waals surface area contributed by atoms with E-state index in [1.54, 1.807) is 0 Å². The molecule has 2 fully saturated rings. The monoisotopic (exact) mass is 362 g/mol. The van der Waals surface area contributed by atoms with Crippen LogP contribution in [0.4, 0.5) is 17.6 Å². The third-order valence-electron chi connectivity index (χ3n) is 4.87. The first kappa shape index (κ1) is 18.2. The van der Waals surface area contributed by atoms with Crippen LogP contribution in [0.5, 0.6) is 0 Å². The Bertz CT molecular complexity index is 587. The second-order valence-corrected chi connectivity index (χ2v) is 7.58. The predicted molar refractivity (Wildman–Crippen MR) is 109 cm³/mol. The topological polar surface area (TPSA) is 56.3 Å². The van der Waals surface area contributed by atoms with Gasteiger partial charge >= 0.3 is 0 Å². The summed E-state index contributed by atoms with van der Waals surface area (Å²) < 4.78 is 0. The molecule has 6 nitrogen and oxygen atoms in total. The molecule has 0 saturated carbocycles. The minimum atomic E-state index is 0.596. The fourth-order valence-electron chi connectivity index (χ4n) is 3.53. The maximum atomic E-state index is 5.37. The Morgan fingerprint density at radius 2 is 1.84 bits per heavy atom. The molecule has 0 radical (unpaired) electrons. The van der Waals surface area contributed by atoms with Crippen LogP contribution in [0.15, 0.2) is 6.07 Å². The zero-order valence-electron chi connectivity index (χ0n) is 15.4. The molecule has 0 amide bonds. The van der Waals surface area contributed by atoms with Crippen LogP contribution < -0.4 is 20.4 Å². The third kappa shape index (κ3) is 4.93. The Morgan fingerprint density at radius 1 is 1.16 bits per heavy atom. The highest BCUT2D eigenvalue weighted by Gasteiger charge is 2.21. The van der Waals surface area contributed by atoms with Gasteiger partial charge in [-0.15, -0.1) is 0 Å². The Labute approximate surface area is 156 Å². The van der Waals surface area contributed by atoms with Crippen LogP contribution >= 0.6 is 12.2 Å². The molecule has 0 spiro atoms. The molecule has 3 heterocycles. The van der Waals surface area contributed by atoms with E-state index < -0.39 is 0 Å². The molecule has 7 heteroatoms. The van der Waals surface area contributed by atoms with Crippen molar-refractivity contribution in [1.29, 1.82) is 0 Å². The number of piperidine rings is 1. The lowest BCUT2D eigenvalue weighted by molar-refractivity contribution is 0.444. The summed E-state index contributed by atoms with van der Waals surface area (Å²) in [6, 6.07) is 2.15. The molecular weight excluding hydrogens is 332 g/mol. The number of nitrogens with zero attached hydrogens (tertiary/aromatic N) is 4.